The van der Waals surface area contributed by atoms with E-state index in [0.717, 1.165) is 22.4 Å². The van der Waals surface area contributed by atoms with E-state index in [-0.39, 0.29) is 22.8 Å². The number of nitrogens with zero attached hydrogens (tertiary/aromatic N) is 2. The first-order valence-electron chi connectivity index (χ1n) is 11.5. The van der Waals surface area contributed by atoms with Gasteiger partial charge in [0.15, 0.2) is 0 Å². The van der Waals surface area contributed by atoms with Crippen LogP contribution in [0.25, 0.3) is 11.1 Å². The van der Waals surface area contributed by atoms with E-state index in [0.29, 0.717) is 11.1 Å². The second-order valence-corrected chi connectivity index (χ2v) is 9.08. The van der Waals surface area contributed by atoms with Crippen LogP contribution in [0, 0.1) is 17.6 Å². The summed E-state index contributed by atoms with van der Waals surface area (Å²) in [5, 5.41) is 13.0. The minimum atomic E-state index is -1.07. The average Bonchev–Trinajstić information content (AvgIpc) is 2.89. The minimum absolute atomic E-state index is 0.0694. The fourth-order valence-electron chi connectivity index (χ4n) is 4.42. The van der Waals surface area contributed by atoms with E-state index in [1.807, 2.05) is 31.2 Å². The Morgan fingerprint density at radius 2 is 1.76 bits per heavy atom. The number of benzene rings is 3. The number of aromatic carboxylic acids is 1. The summed E-state index contributed by atoms with van der Waals surface area (Å²) in [6.07, 6.45) is 1.87. The monoisotopic (exact) mass is 518 g/mol. The van der Waals surface area contributed by atoms with Gasteiger partial charge in [-0.25, -0.2) is 9.18 Å². The molecule has 0 radical (unpaired) electrons. The predicted molar refractivity (Wildman–Crippen MR) is 141 cm³/mol. The molecular formula is C29H24ClFN2O4. The maximum Gasteiger partial charge on any atom is 0.339 e. The van der Waals surface area contributed by atoms with Crippen LogP contribution in [0.1, 0.15) is 51.1 Å². The van der Waals surface area contributed by atoms with Gasteiger partial charge in [0.2, 0.25) is 0 Å². The van der Waals surface area contributed by atoms with Crippen molar-refractivity contribution in [3.63, 3.8) is 0 Å². The summed E-state index contributed by atoms with van der Waals surface area (Å²) in [5.41, 5.74) is 4.33. The highest BCUT2D eigenvalue weighted by atomic mass is 35.5. The van der Waals surface area contributed by atoms with Crippen molar-refractivity contribution in [1.82, 2.24) is 4.98 Å². The van der Waals surface area contributed by atoms with E-state index >= 15 is 4.39 Å². The predicted octanol–water partition coefficient (Wildman–Crippen LogP) is 7.59. The number of halogens is 2. The highest BCUT2D eigenvalue weighted by Gasteiger charge is 2.25. The quantitative estimate of drug-likeness (QED) is 0.231. The molecular weight excluding hydrogens is 495 g/mol. The number of carboxylic acids is 1. The van der Waals surface area contributed by atoms with Crippen LogP contribution in [0.5, 0.6) is 5.75 Å². The number of aromatic nitrogens is 1. The second kappa shape index (κ2) is 11.3. The number of methoxy groups -OCH3 is 1. The molecule has 0 amide bonds. The summed E-state index contributed by atoms with van der Waals surface area (Å²) >= 11 is 6.00. The van der Waals surface area contributed by atoms with Crippen LogP contribution < -0.4 is 4.74 Å². The number of ether oxygens (including phenoxy) is 1. The molecule has 0 aliphatic heterocycles. The van der Waals surface area contributed by atoms with E-state index in [1.165, 1.54) is 19.2 Å². The van der Waals surface area contributed by atoms with Crippen LogP contribution >= 0.6 is 11.6 Å². The molecule has 0 bridgehead atoms. The van der Waals surface area contributed by atoms with Crippen molar-refractivity contribution in [3.8, 4) is 16.9 Å². The topological polar surface area (TPSA) is 88.9 Å². The summed E-state index contributed by atoms with van der Waals surface area (Å²) in [4.78, 5) is 27.5. The third-order valence-corrected chi connectivity index (χ3v) is 6.54. The van der Waals surface area contributed by atoms with Crippen LogP contribution in [-0.4, -0.2) is 23.2 Å². The van der Waals surface area contributed by atoms with Crippen molar-refractivity contribution in [3.05, 3.63) is 123 Å². The van der Waals surface area contributed by atoms with Gasteiger partial charge in [-0.2, -0.15) is 4.91 Å². The lowest BCUT2D eigenvalue weighted by atomic mass is 9.83. The molecule has 188 valence electrons. The summed E-state index contributed by atoms with van der Waals surface area (Å²) in [5.74, 6) is -1.77. The number of rotatable bonds is 9. The fraction of sp³-hybridized carbons (Fsp3) is 0.172. The first-order chi connectivity index (χ1) is 17.8. The average molecular weight is 519 g/mol. The molecule has 4 rings (SSSR count). The summed E-state index contributed by atoms with van der Waals surface area (Å²) in [6, 6.07) is 19.7. The molecule has 0 fully saturated rings. The van der Waals surface area contributed by atoms with Crippen LogP contribution in [0.15, 0.2) is 84.2 Å². The Bertz CT molecular complexity index is 1440. The summed E-state index contributed by atoms with van der Waals surface area (Å²) < 4.78 is 20.3. The first kappa shape index (κ1) is 26.0. The Morgan fingerprint density at radius 1 is 1.03 bits per heavy atom. The Hall–Kier alpha value is -4.10. The van der Waals surface area contributed by atoms with Gasteiger partial charge in [0.05, 0.1) is 7.11 Å². The van der Waals surface area contributed by atoms with Gasteiger partial charge in [-0.05, 0) is 77.6 Å². The lowest BCUT2D eigenvalue weighted by Gasteiger charge is -2.22. The largest absolute Gasteiger partial charge is 0.496 e. The molecule has 3 aromatic carbocycles. The smallest absolute Gasteiger partial charge is 0.339 e. The van der Waals surface area contributed by atoms with Gasteiger partial charge in [-0.3, -0.25) is 4.98 Å². The van der Waals surface area contributed by atoms with E-state index in [9.17, 15) is 14.8 Å². The van der Waals surface area contributed by atoms with Crippen molar-refractivity contribution < 1.29 is 19.0 Å². The molecule has 1 aromatic heterocycles. The summed E-state index contributed by atoms with van der Waals surface area (Å²) in [7, 11) is 1.42. The van der Waals surface area contributed by atoms with E-state index in [1.54, 1.807) is 42.6 Å². The second-order valence-electron chi connectivity index (χ2n) is 8.65. The number of hydrogen-bond acceptors (Lipinski definition) is 5. The normalized spacial score (nSPS) is 12.5. The molecule has 6 nitrogen and oxygen atoms in total. The summed E-state index contributed by atoms with van der Waals surface area (Å²) in [6.45, 7) is 1.83. The molecule has 1 heterocycles. The van der Waals surface area contributed by atoms with Crippen molar-refractivity contribution in [2.24, 2.45) is 5.18 Å². The van der Waals surface area contributed by atoms with Gasteiger partial charge in [-0.1, -0.05) is 53.2 Å². The van der Waals surface area contributed by atoms with Crippen LogP contribution in [-0.2, 0) is 0 Å². The molecule has 0 saturated heterocycles. The Morgan fingerprint density at radius 3 is 2.38 bits per heavy atom. The van der Waals surface area contributed by atoms with Crippen molar-refractivity contribution >= 4 is 17.6 Å². The lowest BCUT2D eigenvalue weighted by molar-refractivity contribution is 0.0693. The number of nitroso groups, excluding NO2 is 1. The van der Waals surface area contributed by atoms with Gasteiger partial charge in [0.25, 0.3) is 0 Å². The maximum atomic E-state index is 15.1. The molecule has 2 atom stereocenters. The Balaban J connectivity index is 1.72. The molecule has 0 aliphatic carbocycles. The highest BCUT2D eigenvalue weighted by molar-refractivity contribution is 6.30. The maximum absolute atomic E-state index is 15.1. The molecule has 0 spiro atoms. The van der Waals surface area contributed by atoms with E-state index in [2.05, 4.69) is 10.2 Å². The van der Waals surface area contributed by atoms with Gasteiger partial charge in [0, 0.05) is 22.8 Å². The Kier molecular flexibility index (Phi) is 7.94. The minimum Gasteiger partial charge on any atom is -0.496 e. The van der Waals surface area contributed by atoms with Gasteiger partial charge < -0.3 is 9.84 Å². The molecule has 8 heteroatoms. The zero-order valence-electron chi connectivity index (χ0n) is 20.2. The molecule has 1 N–H and O–H groups in total. The fourth-order valence-corrected chi connectivity index (χ4v) is 4.58. The lowest BCUT2D eigenvalue weighted by Crippen LogP contribution is -2.09. The number of pyridine rings is 1. The highest BCUT2D eigenvalue weighted by Crippen LogP contribution is 2.38. The van der Waals surface area contributed by atoms with E-state index < -0.39 is 23.7 Å². The van der Waals surface area contributed by atoms with Crippen molar-refractivity contribution in [2.75, 3.05) is 7.11 Å². The third-order valence-electron chi connectivity index (χ3n) is 6.31. The number of aryl methyl sites for hydroxylation is 1. The van der Waals surface area contributed by atoms with Gasteiger partial charge in [-0.15, -0.1) is 0 Å². The molecule has 0 aliphatic rings. The SMILES string of the molecule is COc1cc(-c2ccc(C(CC(N=O)c3ccnc(C)c3)c3ccc(Cl)cc3F)cc2)ccc1C(=O)O. The van der Waals surface area contributed by atoms with E-state index in [4.69, 9.17) is 16.3 Å². The van der Waals surface area contributed by atoms with Gasteiger partial charge >= 0.3 is 5.97 Å². The van der Waals surface area contributed by atoms with Crippen molar-refractivity contribution in [1.29, 1.82) is 0 Å². The third kappa shape index (κ3) is 5.84. The van der Waals surface area contributed by atoms with Crippen LogP contribution in [0.2, 0.25) is 5.02 Å². The number of hydrogen-bond donors (Lipinski definition) is 1. The molecule has 0 saturated carbocycles. The molecule has 37 heavy (non-hydrogen) atoms. The van der Waals surface area contributed by atoms with Crippen LogP contribution in [0.4, 0.5) is 4.39 Å². The first-order valence-corrected chi connectivity index (χ1v) is 11.9. The molecule has 2 unspecified atom stereocenters. The standard InChI is InChI=1S/C29H24ClFN2O4/c1-17-13-21(11-12-32-17)27(33-36)16-25(23-10-8-22(30)15-26(23)31)19-5-3-18(4-6-19)20-7-9-24(29(34)35)28(14-20)37-2/h3-15,25,27H,16H2,1-2H3,(H,34,35). The number of carboxylic acid groups (broad SMARTS) is 1. The van der Waals surface area contributed by atoms with Gasteiger partial charge in [0.1, 0.15) is 23.2 Å². The zero-order chi connectivity index (χ0) is 26.5. The Labute approximate surface area is 218 Å². The number of carbonyl (C=O) groups is 1. The molecule has 4 aromatic rings. The van der Waals surface area contributed by atoms with Crippen LogP contribution in [0.3, 0.4) is 0 Å². The zero-order valence-corrected chi connectivity index (χ0v) is 20.9. The van der Waals surface area contributed by atoms with Crippen molar-refractivity contribution in [2.45, 2.75) is 25.3 Å².